The van der Waals surface area contributed by atoms with Crippen LogP contribution in [0.25, 0.3) is 0 Å². The van der Waals surface area contributed by atoms with E-state index in [4.69, 9.17) is 10.2 Å². The molecule has 1 aromatic carbocycles. The van der Waals surface area contributed by atoms with Crippen LogP contribution in [0.4, 0.5) is 4.79 Å². The second-order valence-electron chi connectivity index (χ2n) is 3.72. The molecule has 2 amide bonds. The maximum Gasteiger partial charge on any atom is 0.317 e. The summed E-state index contributed by atoms with van der Waals surface area (Å²) in [6.07, 6.45) is 0. The zero-order chi connectivity index (χ0) is 13.4. The summed E-state index contributed by atoms with van der Waals surface area (Å²) in [6.45, 7) is 0.593. The first-order valence-electron chi connectivity index (χ1n) is 5.66. The van der Waals surface area contributed by atoms with Crippen LogP contribution in [-0.2, 0) is 6.54 Å². The summed E-state index contributed by atoms with van der Waals surface area (Å²) in [5, 5.41) is 20.4. The first-order chi connectivity index (χ1) is 8.67. The highest BCUT2D eigenvalue weighted by Gasteiger charge is 2.11. The van der Waals surface area contributed by atoms with Crippen molar-refractivity contribution in [3.63, 3.8) is 0 Å². The predicted molar refractivity (Wildman–Crippen MR) is 72.1 cm³/mol. The lowest BCUT2D eigenvalue weighted by atomic mass is 10.2. The minimum Gasteiger partial charge on any atom is -0.395 e. The molecule has 0 aliphatic carbocycles. The van der Waals surface area contributed by atoms with Crippen molar-refractivity contribution in [2.45, 2.75) is 6.54 Å². The summed E-state index contributed by atoms with van der Waals surface area (Å²) in [7, 11) is 0. The summed E-state index contributed by atoms with van der Waals surface area (Å²) in [5.74, 6) is 0. The van der Waals surface area contributed by atoms with Crippen LogP contribution in [-0.4, -0.2) is 47.4 Å². The number of halogens is 1. The molecule has 3 N–H and O–H groups in total. The Morgan fingerprint density at radius 2 is 1.94 bits per heavy atom. The summed E-state index contributed by atoms with van der Waals surface area (Å²) < 4.78 is 0.955. The third-order valence-corrected chi connectivity index (χ3v) is 2.85. The molecule has 0 bridgehead atoms. The number of benzene rings is 1. The topological polar surface area (TPSA) is 72.8 Å². The predicted octanol–water partition coefficient (Wildman–Crippen LogP) is 0.945. The Morgan fingerprint density at radius 1 is 1.28 bits per heavy atom. The van der Waals surface area contributed by atoms with Crippen LogP contribution in [0, 0.1) is 0 Å². The molecule has 0 unspecified atom stereocenters. The Morgan fingerprint density at radius 3 is 2.50 bits per heavy atom. The van der Waals surface area contributed by atoms with Gasteiger partial charge in [-0.25, -0.2) is 4.79 Å². The lowest BCUT2D eigenvalue weighted by molar-refractivity contribution is 0.158. The molecule has 100 valence electrons. The molecule has 0 saturated heterocycles. The van der Waals surface area contributed by atoms with Crippen molar-refractivity contribution in [3.05, 3.63) is 34.3 Å². The van der Waals surface area contributed by atoms with E-state index in [1.165, 1.54) is 4.90 Å². The minimum absolute atomic E-state index is 0.121. The standard InChI is InChI=1S/C12H17BrN2O3/c13-11-3-1-2-10(8-11)9-14-12(18)15(4-6-16)5-7-17/h1-3,8,16-17H,4-7,9H2,(H,14,18). The van der Waals surface area contributed by atoms with Gasteiger partial charge in [0.15, 0.2) is 0 Å². The van der Waals surface area contributed by atoms with Gasteiger partial charge in [-0.15, -0.1) is 0 Å². The molecule has 0 atom stereocenters. The highest BCUT2D eigenvalue weighted by molar-refractivity contribution is 9.10. The van der Waals surface area contributed by atoms with Gasteiger partial charge in [0.1, 0.15) is 0 Å². The molecule has 0 heterocycles. The van der Waals surface area contributed by atoms with Crippen molar-refractivity contribution in [1.29, 1.82) is 0 Å². The molecule has 18 heavy (non-hydrogen) atoms. The van der Waals surface area contributed by atoms with Crippen LogP contribution < -0.4 is 5.32 Å². The average Bonchev–Trinajstić information content (AvgIpc) is 2.36. The fraction of sp³-hybridized carbons (Fsp3) is 0.417. The van der Waals surface area contributed by atoms with Gasteiger partial charge in [-0.05, 0) is 17.7 Å². The van der Waals surface area contributed by atoms with Crippen LogP contribution in [0.5, 0.6) is 0 Å². The van der Waals surface area contributed by atoms with Gasteiger partial charge < -0.3 is 20.4 Å². The third-order valence-electron chi connectivity index (χ3n) is 2.36. The second-order valence-corrected chi connectivity index (χ2v) is 4.64. The van der Waals surface area contributed by atoms with Crippen LogP contribution in [0.15, 0.2) is 28.7 Å². The van der Waals surface area contributed by atoms with Crippen LogP contribution in [0.3, 0.4) is 0 Å². The van der Waals surface area contributed by atoms with Crippen LogP contribution in [0.1, 0.15) is 5.56 Å². The van der Waals surface area contributed by atoms with Crippen molar-refractivity contribution in [3.8, 4) is 0 Å². The Labute approximate surface area is 115 Å². The van der Waals surface area contributed by atoms with Crippen LogP contribution >= 0.6 is 15.9 Å². The van der Waals surface area contributed by atoms with Gasteiger partial charge in [0.05, 0.1) is 13.2 Å². The smallest absolute Gasteiger partial charge is 0.317 e. The fourth-order valence-electron chi connectivity index (χ4n) is 1.49. The number of carbonyl (C=O) groups is 1. The quantitative estimate of drug-likeness (QED) is 0.731. The van der Waals surface area contributed by atoms with E-state index in [2.05, 4.69) is 21.2 Å². The SMILES string of the molecule is O=C(NCc1cccc(Br)c1)N(CCO)CCO. The van der Waals surface area contributed by atoms with Crippen LogP contribution in [0.2, 0.25) is 0 Å². The molecular formula is C12H17BrN2O3. The summed E-state index contributed by atoms with van der Waals surface area (Å²) >= 11 is 3.36. The molecule has 0 saturated carbocycles. The summed E-state index contributed by atoms with van der Waals surface area (Å²) in [4.78, 5) is 13.1. The number of aliphatic hydroxyl groups excluding tert-OH is 2. The molecular weight excluding hydrogens is 300 g/mol. The lowest BCUT2D eigenvalue weighted by Crippen LogP contribution is -2.42. The number of amides is 2. The van der Waals surface area contributed by atoms with Crippen molar-refractivity contribution in [2.24, 2.45) is 0 Å². The minimum atomic E-state index is -0.293. The van der Waals surface area contributed by atoms with E-state index in [9.17, 15) is 4.79 Å². The number of nitrogens with one attached hydrogen (secondary N) is 1. The van der Waals surface area contributed by atoms with Gasteiger partial charge in [0.2, 0.25) is 0 Å². The highest BCUT2D eigenvalue weighted by Crippen LogP contribution is 2.11. The second kappa shape index (κ2) is 8.07. The third kappa shape index (κ3) is 5.03. The molecule has 1 rings (SSSR count). The Balaban J connectivity index is 2.48. The number of aliphatic hydroxyl groups is 2. The summed E-state index contributed by atoms with van der Waals surface area (Å²) in [5.41, 5.74) is 0.977. The number of nitrogens with zero attached hydrogens (tertiary/aromatic N) is 1. The normalized spacial score (nSPS) is 10.2. The van der Waals surface area contributed by atoms with Gasteiger partial charge >= 0.3 is 6.03 Å². The van der Waals surface area contributed by atoms with Crippen molar-refractivity contribution in [2.75, 3.05) is 26.3 Å². The van der Waals surface area contributed by atoms with E-state index in [0.29, 0.717) is 6.54 Å². The van der Waals surface area contributed by atoms with E-state index in [-0.39, 0.29) is 32.3 Å². The van der Waals surface area contributed by atoms with Gasteiger partial charge in [0, 0.05) is 24.1 Å². The average molecular weight is 317 g/mol. The monoisotopic (exact) mass is 316 g/mol. The largest absolute Gasteiger partial charge is 0.395 e. The maximum atomic E-state index is 11.8. The van der Waals surface area contributed by atoms with Gasteiger partial charge in [0.25, 0.3) is 0 Å². The molecule has 0 aromatic heterocycles. The van der Waals surface area contributed by atoms with Gasteiger partial charge in [-0.2, -0.15) is 0 Å². The zero-order valence-corrected chi connectivity index (χ0v) is 11.6. The number of hydrogen-bond donors (Lipinski definition) is 3. The number of carbonyl (C=O) groups excluding carboxylic acids is 1. The fourth-order valence-corrected chi connectivity index (χ4v) is 1.94. The first kappa shape index (κ1) is 14.9. The first-order valence-corrected chi connectivity index (χ1v) is 6.45. The van der Waals surface area contributed by atoms with E-state index < -0.39 is 0 Å². The zero-order valence-electron chi connectivity index (χ0n) is 9.97. The summed E-state index contributed by atoms with van der Waals surface area (Å²) in [6, 6.07) is 7.34. The molecule has 5 nitrogen and oxygen atoms in total. The van der Waals surface area contributed by atoms with Gasteiger partial charge in [-0.1, -0.05) is 28.1 Å². The molecule has 6 heteroatoms. The van der Waals surface area contributed by atoms with Gasteiger partial charge in [-0.3, -0.25) is 0 Å². The van der Waals surface area contributed by atoms with Crippen molar-refractivity contribution >= 4 is 22.0 Å². The van der Waals surface area contributed by atoms with Crippen molar-refractivity contribution in [1.82, 2.24) is 10.2 Å². The van der Waals surface area contributed by atoms with E-state index in [1.807, 2.05) is 24.3 Å². The maximum absolute atomic E-state index is 11.8. The number of hydrogen-bond acceptors (Lipinski definition) is 3. The molecule has 0 radical (unpaired) electrons. The lowest BCUT2D eigenvalue weighted by Gasteiger charge is -2.21. The Bertz CT molecular complexity index is 381. The number of urea groups is 1. The molecule has 0 fully saturated rings. The molecule has 0 aliphatic heterocycles. The van der Waals surface area contributed by atoms with E-state index in [1.54, 1.807) is 0 Å². The highest BCUT2D eigenvalue weighted by atomic mass is 79.9. The molecule has 0 aliphatic rings. The van der Waals surface area contributed by atoms with Crippen molar-refractivity contribution < 1.29 is 15.0 Å². The Hall–Kier alpha value is -1.11. The molecule has 1 aromatic rings. The Kier molecular flexibility index (Phi) is 6.70. The van der Waals surface area contributed by atoms with E-state index >= 15 is 0 Å². The van der Waals surface area contributed by atoms with E-state index in [0.717, 1.165) is 10.0 Å². The number of rotatable bonds is 6. The molecule has 0 spiro atoms.